The second-order valence-electron chi connectivity index (χ2n) is 8.10. The smallest absolute Gasteiger partial charge is 0.790 e. The number of hydrogen-bond donors (Lipinski definition) is 4. The number of nitrogens with zero attached hydrogens (tertiary/aromatic N) is 4. The average Bonchev–Trinajstić information content (AvgIpc) is 3.42. The number of hydrogen-bond acceptors (Lipinski definition) is 19. The molecule has 1 aliphatic heterocycles. The molecule has 20 nitrogen and oxygen atoms in total. The van der Waals surface area contributed by atoms with Crippen LogP contribution in [0, 0.1) is 0 Å². The van der Waals surface area contributed by atoms with Crippen molar-refractivity contribution < 1.29 is 154 Å². The number of nitrogen functional groups attached to an aromatic ring is 1. The number of imidazole rings is 1. The molecule has 0 spiro atoms. The van der Waals surface area contributed by atoms with Gasteiger partial charge in [-0.2, -0.15) is 0 Å². The number of aromatic nitrogens is 4. The number of nitrogens with two attached hydrogens (primary N) is 1. The number of aliphatic hydroxyl groups excluding tert-OH is 2. The van der Waals surface area contributed by atoms with Gasteiger partial charge in [-0.3, -0.25) is 18.0 Å². The maximum atomic E-state index is 13.3. The Labute approximate surface area is 314 Å². The molecule has 0 amide bonds. The largest absolute Gasteiger partial charge is 1.00 e. The SMILES string of the molecule is CNc1ccccc1C(=O)OP(=O)(OC[C@H]1O[C@@H](n2cnc3c(N)ncnc32)[C@H](O)[C@@H]1O)OP(=O)([O-])OP(=O)([O-])[O-].[Na+].[Na+].[Na+]. The van der Waals surface area contributed by atoms with Crippen LogP contribution in [0.25, 0.3) is 11.2 Å². The molecule has 0 saturated carbocycles. The molecule has 6 atom stereocenters. The Morgan fingerprint density at radius 1 is 1.07 bits per heavy atom. The molecular weight excluding hydrogens is 686 g/mol. The quantitative estimate of drug-likeness (QED) is 0.106. The Morgan fingerprint density at radius 2 is 1.73 bits per heavy atom. The number of rotatable bonds is 11. The van der Waals surface area contributed by atoms with E-state index in [1.807, 2.05) is 0 Å². The van der Waals surface area contributed by atoms with Crippen LogP contribution in [0.3, 0.4) is 0 Å². The normalized spacial score (nSPS) is 22.4. The van der Waals surface area contributed by atoms with Crippen LogP contribution in [-0.4, -0.2) is 67.7 Å². The Kier molecular flexibility index (Phi) is 16.3. The van der Waals surface area contributed by atoms with Gasteiger partial charge < -0.3 is 49.8 Å². The number of carbonyl (C=O) groups excluding carboxylic acids is 1. The summed E-state index contributed by atoms with van der Waals surface area (Å²) in [6, 6.07) is 5.48. The molecule has 224 valence electrons. The monoisotopic (exact) mass is 706 g/mol. The average molecular weight is 706 g/mol. The number of benzene rings is 1. The number of aliphatic hydroxyl groups is 2. The van der Waals surface area contributed by atoms with Crippen LogP contribution in [-0.2, 0) is 36.1 Å². The van der Waals surface area contributed by atoms with E-state index in [-0.39, 0.29) is 117 Å². The molecule has 26 heteroatoms. The molecule has 1 fully saturated rings. The van der Waals surface area contributed by atoms with Gasteiger partial charge in [-0.25, -0.2) is 28.6 Å². The molecular formula is C18H20N6Na3O14P3. The molecule has 1 aromatic carbocycles. The van der Waals surface area contributed by atoms with Crippen molar-refractivity contribution in [3.63, 3.8) is 0 Å². The van der Waals surface area contributed by atoms with Gasteiger partial charge in [-0.15, -0.1) is 0 Å². The van der Waals surface area contributed by atoms with Crippen molar-refractivity contribution in [3.8, 4) is 0 Å². The fraction of sp³-hybridized carbons (Fsp3) is 0.333. The van der Waals surface area contributed by atoms with Gasteiger partial charge in [-0.05, 0) is 12.1 Å². The number of fused-ring (bicyclic) bond motifs is 1. The number of ether oxygens (including phenoxy) is 1. The van der Waals surface area contributed by atoms with Crippen molar-refractivity contribution in [2.75, 3.05) is 24.7 Å². The van der Waals surface area contributed by atoms with Crippen molar-refractivity contribution in [3.05, 3.63) is 42.5 Å². The zero-order chi connectivity index (χ0) is 30.2. The molecule has 0 aliphatic carbocycles. The van der Waals surface area contributed by atoms with Crippen LogP contribution < -0.4 is 114 Å². The van der Waals surface area contributed by atoms with Gasteiger partial charge in [0.05, 0.1) is 26.3 Å². The van der Waals surface area contributed by atoms with E-state index >= 15 is 0 Å². The van der Waals surface area contributed by atoms with Gasteiger partial charge in [0.25, 0.3) is 7.82 Å². The first-order chi connectivity index (χ1) is 19.1. The zero-order valence-corrected chi connectivity index (χ0v) is 32.2. The summed E-state index contributed by atoms with van der Waals surface area (Å²) in [4.78, 5) is 58.1. The van der Waals surface area contributed by atoms with E-state index in [4.69, 9.17) is 15.0 Å². The predicted octanol–water partition coefficient (Wildman–Crippen LogP) is -10.6. The predicted molar refractivity (Wildman–Crippen MR) is 128 cm³/mol. The first-order valence-corrected chi connectivity index (χ1v) is 15.5. The van der Waals surface area contributed by atoms with Crippen molar-refractivity contribution in [2.45, 2.75) is 24.5 Å². The van der Waals surface area contributed by atoms with Crippen LogP contribution in [0.2, 0.25) is 0 Å². The summed E-state index contributed by atoms with van der Waals surface area (Å²) in [7, 11) is -16.8. The van der Waals surface area contributed by atoms with E-state index in [1.54, 1.807) is 0 Å². The third-order valence-electron chi connectivity index (χ3n) is 5.41. The van der Waals surface area contributed by atoms with E-state index in [2.05, 4.69) is 33.4 Å². The number of para-hydroxylation sites is 1. The summed E-state index contributed by atoms with van der Waals surface area (Å²) in [5.41, 5.74) is 5.82. The fourth-order valence-corrected chi connectivity index (χ4v) is 7.03. The van der Waals surface area contributed by atoms with E-state index < -0.39 is 60.6 Å². The first-order valence-electron chi connectivity index (χ1n) is 11.1. The molecule has 4 rings (SSSR count). The molecule has 5 N–H and O–H groups in total. The maximum absolute atomic E-state index is 13.3. The van der Waals surface area contributed by atoms with Gasteiger partial charge in [0.15, 0.2) is 17.7 Å². The van der Waals surface area contributed by atoms with Crippen LogP contribution in [0.5, 0.6) is 0 Å². The van der Waals surface area contributed by atoms with Gasteiger partial charge in [0.1, 0.15) is 30.2 Å². The summed E-state index contributed by atoms with van der Waals surface area (Å²) >= 11 is 0. The Balaban J connectivity index is 0.00000323. The van der Waals surface area contributed by atoms with E-state index in [9.17, 15) is 43.4 Å². The van der Waals surface area contributed by atoms with Crippen molar-refractivity contribution in [1.82, 2.24) is 19.5 Å². The molecule has 0 bridgehead atoms. The summed E-state index contributed by atoms with van der Waals surface area (Å²) in [5, 5.41) is 23.7. The van der Waals surface area contributed by atoms with E-state index in [1.165, 1.54) is 42.2 Å². The van der Waals surface area contributed by atoms with Crippen LogP contribution in [0.15, 0.2) is 36.9 Å². The molecule has 0 radical (unpaired) electrons. The number of nitrogens with one attached hydrogen (secondary N) is 1. The third-order valence-corrected chi connectivity index (χ3v) is 9.46. The summed E-state index contributed by atoms with van der Waals surface area (Å²) in [6.07, 6.45) is -4.18. The number of phosphoric ester groups is 1. The topological polar surface area (TPSA) is 306 Å². The minimum absolute atomic E-state index is 0. The van der Waals surface area contributed by atoms with Crippen molar-refractivity contribution in [2.24, 2.45) is 0 Å². The maximum Gasteiger partial charge on any atom is 1.00 e. The molecule has 3 heterocycles. The van der Waals surface area contributed by atoms with Gasteiger partial charge in [0, 0.05) is 12.7 Å². The first kappa shape index (κ1) is 42.2. The van der Waals surface area contributed by atoms with E-state index in [0.717, 1.165) is 6.33 Å². The fourth-order valence-electron chi connectivity index (χ4n) is 3.67. The zero-order valence-electron chi connectivity index (χ0n) is 23.5. The molecule has 2 unspecified atom stereocenters. The van der Waals surface area contributed by atoms with Crippen LogP contribution >= 0.6 is 23.5 Å². The second kappa shape index (κ2) is 17.0. The Hall–Kier alpha value is 0.170. The van der Waals surface area contributed by atoms with Crippen LogP contribution in [0.4, 0.5) is 11.5 Å². The van der Waals surface area contributed by atoms with Crippen molar-refractivity contribution in [1.29, 1.82) is 0 Å². The van der Waals surface area contributed by atoms with Gasteiger partial charge >= 0.3 is 102 Å². The Bertz CT molecular complexity index is 1600. The van der Waals surface area contributed by atoms with E-state index in [0.29, 0.717) is 0 Å². The standard InChI is InChI=1S/C18H23N6O14P3.3Na/c1-20-10-5-3-2-4-9(10)18(27)36-41(33,38-40(31,32)37-39(28,29)30)34-6-11-13(25)14(26)17(35-11)24-8-23-12-15(19)21-7-22-16(12)24;;;/h2-5,7-8,11,13-14,17,20,25-26H,6H2,1H3,(H,31,32)(H2,19,21,22)(H2,28,29,30);;;/q;3*+1/p-3/t11-,13-,14-,17-,41?;;;/m1.../s1. The molecule has 3 aromatic rings. The van der Waals surface area contributed by atoms with Gasteiger partial charge in [0.2, 0.25) is 0 Å². The molecule has 1 aliphatic rings. The number of carbonyl (C=O) groups is 1. The Morgan fingerprint density at radius 3 is 2.36 bits per heavy atom. The van der Waals surface area contributed by atoms with Gasteiger partial charge in [-0.1, -0.05) is 12.1 Å². The molecule has 2 aromatic heterocycles. The number of phosphoric acid groups is 3. The summed E-state index contributed by atoms with van der Waals surface area (Å²) in [6.45, 7) is -1.08. The molecule has 44 heavy (non-hydrogen) atoms. The molecule has 1 saturated heterocycles. The minimum Gasteiger partial charge on any atom is -0.790 e. The number of anilines is 2. The van der Waals surface area contributed by atoms with Crippen LogP contribution in [0.1, 0.15) is 16.6 Å². The van der Waals surface area contributed by atoms with Crippen molar-refractivity contribution >= 4 is 52.1 Å². The second-order valence-corrected chi connectivity index (χ2v) is 12.5. The minimum atomic E-state index is -6.28. The summed E-state index contributed by atoms with van der Waals surface area (Å²) in [5.74, 6) is -1.47. The summed E-state index contributed by atoms with van der Waals surface area (Å²) < 4.78 is 59.7. The third kappa shape index (κ3) is 10.3.